The van der Waals surface area contributed by atoms with E-state index >= 15 is 0 Å². The second-order valence-electron chi connectivity index (χ2n) is 6.04. The molecule has 0 atom stereocenters. The number of piperidine rings is 1. The van der Waals surface area contributed by atoms with E-state index in [-0.39, 0.29) is 0 Å². The molecule has 0 unspecified atom stereocenters. The number of nitrogens with zero attached hydrogens (tertiary/aromatic N) is 2. The van der Waals surface area contributed by atoms with E-state index < -0.39 is 0 Å². The third-order valence-electron chi connectivity index (χ3n) is 4.33. The van der Waals surface area contributed by atoms with Crippen LogP contribution in [0.5, 0.6) is 5.88 Å². The van der Waals surface area contributed by atoms with Crippen molar-refractivity contribution in [2.24, 2.45) is 5.92 Å². The van der Waals surface area contributed by atoms with Crippen LogP contribution in [0.25, 0.3) is 11.0 Å². The molecule has 1 saturated heterocycles. The van der Waals surface area contributed by atoms with Crippen molar-refractivity contribution in [3.05, 3.63) is 29.0 Å². The quantitative estimate of drug-likeness (QED) is 0.942. The van der Waals surface area contributed by atoms with Gasteiger partial charge >= 0.3 is 0 Å². The van der Waals surface area contributed by atoms with Gasteiger partial charge in [-0.3, -0.25) is 0 Å². The maximum atomic E-state index is 5.95. The van der Waals surface area contributed by atoms with Gasteiger partial charge in [-0.15, -0.1) is 0 Å². The zero-order valence-corrected chi connectivity index (χ0v) is 13.1. The van der Waals surface area contributed by atoms with Crippen LogP contribution in [0.2, 0.25) is 0 Å². The first-order chi connectivity index (χ1) is 10.1. The van der Waals surface area contributed by atoms with Gasteiger partial charge in [0.15, 0.2) is 0 Å². The van der Waals surface area contributed by atoms with Gasteiger partial charge in [-0.25, -0.2) is 9.97 Å². The van der Waals surface area contributed by atoms with Crippen LogP contribution in [0.3, 0.4) is 0 Å². The van der Waals surface area contributed by atoms with Crippen LogP contribution in [0.1, 0.15) is 29.7 Å². The fourth-order valence-corrected chi connectivity index (χ4v) is 2.77. The van der Waals surface area contributed by atoms with E-state index in [1.165, 1.54) is 24.0 Å². The third-order valence-corrected chi connectivity index (χ3v) is 4.33. The molecule has 0 saturated carbocycles. The topological polar surface area (TPSA) is 47.0 Å². The molecule has 4 nitrogen and oxygen atoms in total. The summed E-state index contributed by atoms with van der Waals surface area (Å²) in [4.78, 5) is 9.30. The first kappa shape index (κ1) is 14.3. The molecule has 0 radical (unpaired) electrons. The normalized spacial score (nSPS) is 16.3. The van der Waals surface area contributed by atoms with Crippen LogP contribution < -0.4 is 10.1 Å². The van der Waals surface area contributed by atoms with Gasteiger partial charge in [0.1, 0.15) is 5.69 Å². The number of benzene rings is 1. The highest BCUT2D eigenvalue weighted by atomic mass is 16.5. The Morgan fingerprint density at radius 2 is 1.67 bits per heavy atom. The second kappa shape index (κ2) is 5.98. The van der Waals surface area contributed by atoms with Crippen molar-refractivity contribution in [2.75, 3.05) is 19.7 Å². The fourth-order valence-electron chi connectivity index (χ4n) is 2.77. The first-order valence-electron chi connectivity index (χ1n) is 7.72. The van der Waals surface area contributed by atoms with Gasteiger partial charge in [0, 0.05) is 0 Å². The minimum Gasteiger partial charge on any atom is -0.476 e. The molecule has 0 amide bonds. The van der Waals surface area contributed by atoms with Crippen LogP contribution in [0.15, 0.2) is 12.1 Å². The minimum absolute atomic E-state index is 0.628. The number of hydrogen-bond acceptors (Lipinski definition) is 4. The Bertz CT molecular complexity index is 648. The summed E-state index contributed by atoms with van der Waals surface area (Å²) in [5.74, 6) is 1.31. The standard InChI is InChI=1S/C17H23N3O/c1-11-8-15-16(9-12(11)2)20-17(13(3)19-15)21-10-14-4-6-18-7-5-14/h8-9,14,18H,4-7,10H2,1-3H3. The monoisotopic (exact) mass is 285 g/mol. The molecular weight excluding hydrogens is 262 g/mol. The highest BCUT2D eigenvalue weighted by Crippen LogP contribution is 2.22. The molecule has 1 aliphatic rings. The number of aromatic nitrogens is 2. The predicted molar refractivity (Wildman–Crippen MR) is 84.8 cm³/mol. The Hall–Kier alpha value is -1.68. The molecule has 112 valence electrons. The second-order valence-corrected chi connectivity index (χ2v) is 6.04. The lowest BCUT2D eigenvalue weighted by atomic mass is 9.99. The summed E-state index contributed by atoms with van der Waals surface area (Å²) in [6, 6.07) is 4.19. The SMILES string of the molecule is Cc1cc2nc(C)c(OCC3CCNCC3)nc2cc1C. The molecule has 1 aromatic carbocycles. The van der Waals surface area contributed by atoms with Crippen molar-refractivity contribution >= 4 is 11.0 Å². The number of rotatable bonds is 3. The molecule has 0 spiro atoms. The number of aryl methyl sites for hydroxylation is 3. The van der Waals surface area contributed by atoms with Crippen LogP contribution in [0, 0.1) is 26.7 Å². The highest BCUT2D eigenvalue weighted by Gasteiger charge is 2.15. The average Bonchev–Trinajstić information content (AvgIpc) is 2.48. The van der Waals surface area contributed by atoms with E-state index in [9.17, 15) is 0 Å². The van der Waals surface area contributed by atoms with E-state index in [0.29, 0.717) is 11.8 Å². The summed E-state index contributed by atoms with van der Waals surface area (Å²) in [5, 5.41) is 3.38. The van der Waals surface area contributed by atoms with Gasteiger partial charge in [-0.2, -0.15) is 0 Å². The van der Waals surface area contributed by atoms with E-state index in [1.807, 2.05) is 6.92 Å². The van der Waals surface area contributed by atoms with E-state index in [4.69, 9.17) is 4.74 Å². The summed E-state index contributed by atoms with van der Waals surface area (Å²) in [6.45, 7) is 9.11. The minimum atomic E-state index is 0.628. The Morgan fingerprint density at radius 3 is 2.33 bits per heavy atom. The van der Waals surface area contributed by atoms with Crippen molar-refractivity contribution in [3.8, 4) is 5.88 Å². The van der Waals surface area contributed by atoms with E-state index in [1.54, 1.807) is 0 Å². The van der Waals surface area contributed by atoms with Gasteiger partial charge in [0.05, 0.1) is 17.6 Å². The molecule has 2 aromatic rings. The van der Waals surface area contributed by atoms with Gasteiger partial charge < -0.3 is 10.1 Å². The molecule has 4 heteroatoms. The van der Waals surface area contributed by atoms with Crippen LogP contribution >= 0.6 is 0 Å². The van der Waals surface area contributed by atoms with Crippen molar-refractivity contribution in [3.63, 3.8) is 0 Å². The molecule has 1 aliphatic heterocycles. The summed E-state index contributed by atoms with van der Waals surface area (Å²) in [5.41, 5.74) is 5.23. The lowest BCUT2D eigenvalue weighted by Crippen LogP contribution is -2.30. The summed E-state index contributed by atoms with van der Waals surface area (Å²) >= 11 is 0. The van der Waals surface area contributed by atoms with Gasteiger partial charge in [0.25, 0.3) is 0 Å². The molecule has 0 bridgehead atoms. The van der Waals surface area contributed by atoms with Crippen molar-refractivity contribution in [2.45, 2.75) is 33.6 Å². The molecule has 2 heterocycles. The highest BCUT2D eigenvalue weighted by molar-refractivity contribution is 5.77. The fraction of sp³-hybridized carbons (Fsp3) is 0.529. The predicted octanol–water partition coefficient (Wildman–Crippen LogP) is 2.93. The average molecular weight is 285 g/mol. The molecule has 1 N–H and O–H groups in total. The van der Waals surface area contributed by atoms with Crippen molar-refractivity contribution in [1.82, 2.24) is 15.3 Å². The maximum absolute atomic E-state index is 5.95. The maximum Gasteiger partial charge on any atom is 0.235 e. The molecule has 1 fully saturated rings. The molecule has 3 rings (SSSR count). The summed E-state index contributed by atoms with van der Waals surface area (Å²) < 4.78 is 5.95. The Labute approximate surface area is 125 Å². The van der Waals surface area contributed by atoms with Crippen molar-refractivity contribution in [1.29, 1.82) is 0 Å². The number of fused-ring (bicyclic) bond motifs is 1. The van der Waals surface area contributed by atoms with Gasteiger partial charge in [-0.1, -0.05) is 0 Å². The van der Waals surface area contributed by atoms with Gasteiger partial charge in [-0.05, 0) is 75.9 Å². The molecule has 21 heavy (non-hydrogen) atoms. The van der Waals surface area contributed by atoms with E-state index in [0.717, 1.165) is 36.4 Å². The zero-order chi connectivity index (χ0) is 14.8. The number of nitrogens with one attached hydrogen (secondary N) is 1. The summed E-state index contributed by atoms with van der Waals surface area (Å²) in [7, 11) is 0. The Kier molecular flexibility index (Phi) is 4.06. The zero-order valence-electron chi connectivity index (χ0n) is 13.1. The Balaban J connectivity index is 1.81. The smallest absolute Gasteiger partial charge is 0.235 e. The van der Waals surface area contributed by atoms with Crippen LogP contribution in [-0.2, 0) is 0 Å². The lowest BCUT2D eigenvalue weighted by molar-refractivity contribution is 0.207. The van der Waals surface area contributed by atoms with E-state index in [2.05, 4.69) is 41.3 Å². The van der Waals surface area contributed by atoms with Gasteiger partial charge in [0.2, 0.25) is 5.88 Å². The van der Waals surface area contributed by atoms with Crippen LogP contribution in [-0.4, -0.2) is 29.7 Å². The van der Waals surface area contributed by atoms with Crippen LogP contribution in [0.4, 0.5) is 0 Å². The van der Waals surface area contributed by atoms with Crippen molar-refractivity contribution < 1.29 is 4.74 Å². The molecule has 0 aliphatic carbocycles. The number of hydrogen-bond donors (Lipinski definition) is 1. The largest absolute Gasteiger partial charge is 0.476 e. The molecule has 1 aromatic heterocycles. The number of ether oxygens (including phenoxy) is 1. The lowest BCUT2D eigenvalue weighted by Gasteiger charge is -2.22. The Morgan fingerprint density at radius 1 is 1.05 bits per heavy atom. The summed E-state index contributed by atoms with van der Waals surface area (Å²) in [6.07, 6.45) is 2.36. The third kappa shape index (κ3) is 3.16. The first-order valence-corrected chi connectivity index (χ1v) is 7.72. The molecular formula is C17H23N3O.